The van der Waals surface area contributed by atoms with Gasteiger partial charge in [0.1, 0.15) is 23.1 Å². The van der Waals surface area contributed by atoms with Crippen LogP contribution in [0, 0.1) is 80.0 Å². The topological polar surface area (TPSA) is 102 Å². The van der Waals surface area contributed by atoms with Gasteiger partial charge in [-0.2, -0.15) is 21.0 Å². The monoisotopic (exact) mass is 930 g/mol. The van der Waals surface area contributed by atoms with Crippen LogP contribution in [0.3, 0.4) is 0 Å². The van der Waals surface area contributed by atoms with Gasteiger partial charge in [0.15, 0.2) is 0 Å². The molecule has 0 saturated carbocycles. The second-order valence-corrected chi connectivity index (χ2v) is 19.9. The number of rotatable bonds is 11. The van der Waals surface area contributed by atoms with Crippen LogP contribution >= 0.6 is 11.6 Å². The van der Waals surface area contributed by atoms with Gasteiger partial charge < -0.3 is 0 Å². The molecule has 0 bridgehead atoms. The zero-order chi connectivity index (χ0) is 48.9. The first-order valence-electron chi connectivity index (χ1n) is 22.5. The third-order valence-electron chi connectivity index (χ3n) is 13.1. The number of benzene rings is 6. The van der Waals surface area contributed by atoms with Crippen molar-refractivity contribution in [3.05, 3.63) is 212 Å². The average Bonchev–Trinajstić information content (AvgIpc) is 3.27. The molecule has 0 aliphatic carbocycles. The fraction of sp³-hybridized carbons (Fsp3) is 0.298. The second-order valence-electron chi connectivity index (χ2n) is 19.5. The zero-order valence-corrected chi connectivity index (χ0v) is 39.3. The lowest BCUT2D eigenvalue weighted by Crippen LogP contribution is -2.53. The fourth-order valence-electron chi connectivity index (χ4n) is 10.4. The molecule has 2 saturated heterocycles. The highest BCUT2D eigenvalue weighted by Gasteiger charge is 2.46. The van der Waals surface area contributed by atoms with Crippen LogP contribution in [0.4, 0.5) is 17.6 Å². The maximum Gasteiger partial charge on any atom is 0.126 e. The van der Waals surface area contributed by atoms with Crippen LogP contribution in [0.25, 0.3) is 0 Å². The summed E-state index contributed by atoms with van der Waals surface area (Å²) < 4.78 is 57.7. The van der Waals surface area contributed by atoms with Crippen LogP contribution in [-0.2, 0) is 0 Å². The first-order valence-corrected chi connectivity index (χ1v) is 22.9. The Balaban J connectivity index is 0.000000202. The first-order chi connectivity index (χ1) is 32.4. The summed E-state index contributed by atoms with van der Waals surface area (Å²) in [6, 6.07) is 46.4. The van der Waals surface area contributed by atoms with E-state index >= 15 is 4.39 Å². The molecular weight excluding hydrogens is 880 g/mol. The van der Waals surface area contributed by atoms with E-state index in [1.807, 2.05) is 78.9 Å². The normalized spacial score (nSPS) is 16.2. The van der Waals surface area contributed by atoms with Gasteiger partial charge in [-0.05, 0) is 149 Å². The second kappa shape index (κ2) is 20.6. The number of likely N-dealkylation sites (tertiary alicyclic amines) is 2. The predicted molar refractivity (Wildman–Crippen MR) is 256 cm³/mol. The molecule has 6 nitrogen and oxygen atoms in total. The summed E-state index contributed by atoms with van der Waals surface area (Å²) in [7, 11) is 0. The summed E-state index contributed by atoms with van der Waals surface area (Å²) in [5, 5.41) is 37.9. The number of hydrogen-bond donors (Lipinski definition) is 0. The molecule has 2 fully saturated rings. The van der Waals surface area contributed by atoms with Gasteiger partial charge in [-0.25, -0.2) is 17.6 Å². The van der Waals surface area contributed by atoms with Gasteiger partial charge in [-0.3, -0.25) is 9.80 Å². The van der Waals surface area contributed by atoms with E-state index in [0.717, 1.165) is 47.5 Å². The van der Waals surface area contributed by atoms with E-state index < -0.39 is 29.0 Å². The van der Waals surface area contributed by atoms with Gasteiger partial charge >= 0.3 is 0 Å². The van der Waals surface area contributed by atoms with E-state index in [1.54, 1.807) is 30.3 Å². The lowest BCUT2D eigenvalue weighted by Gasteiger charge is -2.51. The number of nitriles is 4. The van der Waals surface area contributed by atoms with Gasteiger partial charge in [0.25, 0.3) is 0 Å². The first kappa shape index (κ1) is 49.1. The Kier molecular flexibility index (Phi) is 14.9. The van der Waals surface area contributed by atoms with Crippen molar-refractivity contribution in [3.8, 4) is 24.3 Å². The molecule has 2 heterocycles. The van der Waals surface area contributed by atoms with Crippen LogP contribution in [0.15, 0.2) is 133 Å². The summed E-state index contributed by atoms with van der Waals surface area (Å²) in [5.74, 6) is -2.05. The number of alkyl halides is 1. The minimum Gasteiger partial charge on any atom is -0.292 e. The third kappa shape index (κ3) is 11.3. The molecule has 2 unspecified atom stereocenters. The van der Waals surface area contributed by atoms with E-state index in [1.165, 1.54) is 32.0 Å². The lowest BCUT2D eigenvalue weighted by atomic mass is 9.66. The highest BCUT2D eigenvalue weighted by atomic mass is 35.5. The van der Waals surface area contributed by atoms with E-state index in [-0.39, 0.29) is 40.8 Å². The third-order valence-corrected chi connectivity index (χ3v) is 13.3. The van der Waals surface area contributed by atoms with Crippen molar-refractivity contribution in [2.24, 2.45) is 17.3 Å². The Hall–Kier alpha value is -6.79. The Morgan fingerprint density at radius 2 is 0.868 bits per heavy atom. The van der Waals surface area contributed by atoms with Crippen molar-refractivity contribution in [1.82, 2.24) is 9.80 Å². The molecule has 2 aliphatic heterocycles. The van der Waals surface area contributed by atoms with Crippen LogP contribution < -0.4 is 0 Å². The molecule has 6 aromatic rings. The lowest BCUT2D eigenvalue weighted by molar-refractivity contribution is 0.00812. The summed E-state index contributed by atoms with van der Waals surface area (Å²) in [6.07, 6.45) is 0. The molecule has 6 aromatic carbocycles. The summed E-state index contributed by atoms with van der Waals surface area (Å²) in [6.45, 7) is 12.0. The highest BCUT2D eigenvalue weighted by Crippen LogP contribution is 2.48. The molecule has 68 heavy (non-hydrogen) atoms. The van der Waals surface area contributed by atoms with Crippen LogP contribution in [0.1, 0.15) is 114 Å². The van der Waals surface area contributed by atoms with Crippen LogP contribution in [-0.4, -0.2) is 41.6 Å². The standard InChI is InChI=1S/C29H24F2N4.C28H27ClF2N2/c1-29(2,31)27(24-11-21(16-34)12-26(30)13-24)25-17-35(18-25)28(22-8-6-19(14-32)7-9-22)23-5-3-4-20(10-23)15-33;1-28(2,3)26(21-12-24(30)14-25(31)13-21)22-16-33(17-22)27(19-7-9-23(29)10-8-19)20-6-4-5-18(11-20)15-32/h3-13,25,27-28H,17-18H2,1-2H3;4-14,22,26-27H,16-17H2,1-3H3/t27-,28+;/m1./s1. The zero-order valence-electron chi connectivity index (χ0n) is 38.6. The van der Waals surface area contributed by atoms with E-state index in [2.05, 4.69) is 48.8 Å². The quantitative estimate of drug-likeness (QED) is 0.120. The number of hydrogen-bond acceptors (Lipinski definition) is 6. The number of halogens is 5. The van der Waals surface area contributed by atoms with Crippen LogP contribution in [0.5, 0.6) is 0 Å². The van der Waals surface area contributed by atoms with Gasteiger partial charge in [0, 0.05) is 43.2 Å². The maximum atomic E-state index is 15.4. The molecule has 0 aromatic heterocycles. The maximum absolute atomic E-state index is 15.4. The van der Waals surface area contributed by atoms with Crippen molar-refractivity contribution >= 4 is 11.6 Å². The van der Waals surface area contributed by atoms with Crippen molar-refractivity contribution < 1.29 is 17.6 Å². The largest absolute Gasteiger partial charge is 0.292 e. The van der Waals surface area contributed by atoms with E-state index in [0.29, 0.717) is 45.9 Å². The Morgan fingerprint density at radius 1 is 0.471 bits per heavy atom. The molecular formula is C57H51ClF4N6. The molecule has 2 aliphatic rings. The predicted octanol–water partition coefficient (Wildman–Crippen LogP) is 13.3. The highest BCUT2D eigenvalue weighted by molar-refractivity contribution is 6.30. The van der Waals surface area contributed by atoms with Gasteiger partial charge in [-0.15, -0.1) is 0 Å². The molecule has 11 heteroatoms. The number of nitrogens with zero attached hydrogens (tertiary/aromatic N) is 6. The minimum absolute atomic E-state index is 0.00950. The van der Waals surface area contributed by atoms with E-state index in [4.69, 9.17) is 11.6 Å². The Labute approximate surface area is 401 Å². The summed E-state index contributed by atoms with van der Waals surface area (Å²) in [5.41, 5.74) is 5.33. The molecule has 0 N–H and O–H groups in total. The molecule has 8 rings (SSSR count). The minimum atomic E-state index is -1.62. The summed E-state index contributed by atoms with van der Waals surface area (Å²) in [4.78, 5) is 4.56. The van der Waals surface area contributed by atoms with Crippen molar-refractivity contribution in [3.63, 3.8) is 0 Å². The van der Waals surface area contributed by atoms with Crippen molar-refractivity contribution in [2.45, 2.75) is 64.2 Å². The van der Waals surface area contributed by atoms with Crippen molar-refractivity contribution in [1.29, 1.82) is 21.0 Å². The Bertz CT molecular complexity index is 2900. The molecule has 0 amide bonds. The SMILES string of the molecule is CC(C)(C)C(c1cc(F)cc(F)c1)C1CN(C(c2ccc(Cl)cc2)c2cccc(C#N)c2)C1.CC(C)(F)[C@H](c1cc(F)cc(C#N)c1)C1CN([C@@H](c2ccc(C#N)cc2)c2cccc(C#N)c2)C1. The van der Waals surface area contributed by atoms with Crippen molar-refractivity contribution in [2.75, 3.05) is 26.2 Å². The molecule has 0 spiro atoms. The van der Waals surface area contributed by atoms with E-state index in [9.17, 15) is 34.2 Å². The van der Waals surface area contributed by atoms with Crippen LogP contribution in [0.2, 0.25) is 5.02 Å². The van der Waals surface area contributed by atoms with Gasteiger partial charge in [0.05, 0.1) is 58.6 Å². The van der Waals surface area contributed by atoms with Gasteiger partial charge in [0.2, 0.25) is 0 Å². The Morgan fingerprint density at radius 3 is 1.29 bits per heavy atom. The molecule has 4 atom stereocenters. The van der Waals surface area contributed by atoms with Gasteiger partial charge in [-0.1, -0.05) is 80.9 Å². The molecule has 344 valence electrons. The molecule has 0 radical (unpaired) electrons. The smallest absolute Gasteiger partial charge is 0.126 e. The summed E-state index contributed by atoms with van der Waals surface area (Å²) >= 11 is 6.13. The fourth-order valence-corrected chi connectivity index (χ4v) is 10.6. The average molecular weight is 932 g/mol.